The highest BCUT2D eigenvalue weighted by Gasteiger charge is 2.16. The number of amides is 1. The van der Waals surface area contributed by atoms with Gasteiger partial charge < -0.3 is 24.5 Å². The number of carbonyl (C=O) groups is 2. The Labute approximate surface area is 188 Å². The predicted octanol–water partition coefficient (Wildman–Crippen LogP) is 3.63. The van der Waals surface area contributed by atoms with Crippen LogP contribution < -0.4 is 16.0 Å². The molecule has 3 N–H and O–H groups in total. The van der Waals surface area contributed by atoms with Gasteiger partial charge in [-0.15, -0.1) is 0 Å². The summed E-state index contributed by atoms with van der Waals surface area (Å²) in [7, 11) is 3.02. The Balaban J connectivity index is 1.78. The van der Waals surface area contributed by atoms with E-state index in [0.717, 1.165) is 12.0 Å². The second-order valence-corrected chi connectivity index (χ2v) is 8.10. The molecule has 1 heterocycles. The van der Waals surface area contributed by atoms with Crippen LogP contribution in [-0.2, 0) is 22.4 Å². The lowest BCUT2D eigenvalue weighted by atomic mass is 10.1. The largest absolute Gasteiger partial charge is 0.465 e. The number of rotatable bonds is 7. The molecule has 0 aliphatic rings. The van der Waals surface area contributed by atoms with Gasteiger partial charge in [-0.3, -0.25) is 10.3 Å². The van der Waals surface area contributed by atoms with Crippen molar-refractivity contribution in [1.29, 1.82) is 0 Å². The van der Waals surface area contributed by atoms with Crippen LogP contribution >= 0.6 is 0 Å². The number of nitrogens with zero attached hydrogens (tertiary/aromatic N) is 1. The second-order valence-electron chi connectivity index (χ2n) is 8.10. The van der Waals surface area contributed by atoms with Crippen LogP contribution in [0.15, 0.2) is 39.7 Å². The molecule has 1 aromatic heterocycles. The van der Waals surface area contributed by atoms with Gasteiger partial charge in [0.25, 0.3) is 0 Å². The first-order chi connectivity index (χ1) is 15.1. The van der Waals surface area contributed by atoms with Gasteiger partial charge in [0.2, 0.25) is 0 Å². The van der Waals surface area contributed by atoms with Gasteiger partial charge in [0, 0.05) is 19.3 Å². The molecule has 9 heteroatoms. The molecule has 0 atom stereocenters. The molecule has 0 aliphatic heterocycles. The van der Waals surface area contributed by atoms with Gasteiger partial charge in [0.05, 0.1) is 13.7 Å². The monoisotopic (exact) mass is 444 g/mol. The number of carbonyl (C=O) groups excluding carboxylic acids is 2. The minimum atomic E-state index is -0.540. The molecule has 0 spiro atoms. The first-order valence-electron chi connectivity index (χ1n) is 10.3. The van der Waals surface area contributed by atoms with Crippen molar-refractivity contribution in [3.05, 3.63) is 53.0 Å². The summed E-state index contributed by atoms with van der Waals surface area (Å²) in [5, 5.41) is 9.10. The zero-order valence-electron chi connectivity index (χ0n) is 19.5. The number of esters is 1. The summed E-state index contributed by atoms with van der Waals surface area (Å²) in [6.45, 7) is 8.21. The van der Waals surface area contributed by atoms with E-state index in [4.69, 9.17) is 13.9 Å². The molecular weight excluding hydrogens is 412 g/mol. The summed E-state index contributed by atoms with van der Waals surface area (Å²) in [6, 6.07) is 9.23. The van der Waals surface area contributed by atoms with E-state index in [-0.39, 0.29) is 0 Å². The fourth-order valence-electron chi connectivity index (χ4n) is 2.84. The third-order valence-corrected chi connectivity index (χ3v) is 4.33. The van der Waals surface area contributed by atoms with Crippen LogP contribution in [0, 0.1) is 6.92 Å². The number of methoxy groups -OCH3 is 1. The number of guanidine groups is 1. The standard InChI is InChI=1S/C23H32N4O5/c1-15-19(20(28)30-6)13-18(31-15)14-26-21(24-5)25-12-11-16-7-9-17(10-8-16)27-22(29)32-23(2,3)4/h7-10,13H,11-12,14H2,1-6H3,(H,27,29)(H2,24,25,26). The summed E-state index contributed by atoms with van der Waals surface area (Å²) in [5.74, 6) is 1.31. The zero-order chi connectivity index (χ0) is 23.7. The summed E-state index contributed by atoms with van der Waals surface area (Å²) in [6.07, 6.45) is 0.284. The van der Waals surface area contributed by atoms with Gasteiger partial charge in [0.15, 0.2) is 5.96 Å². The van der Waals surface area contributed by atoms with E-state index >= 15 is 0 Å². The average Bonchev–Trinajstić information content (AvgIpc) is 3.10. The second kappa shape index (κ2) is 11.2. The highest BCUT2D eigenvalue weighted by Crippen LogP contribution is 2.16. The van der Waals surface area contributed by atoms with Crippen LogP contribution in [0.2, 0.25) is 0 Å². The lowest BCUT2D eigenvalue weighted by Crippen LogP contribution is -2.37. The van der Waals surface area contributed by atoms with Crippen molar-refractivity contribution in [3.8, 4) is 0 Å². The third-order valence-electron chi connectivity index (χ3n) is 4.33. The smallest absolute Gasteiger partial charge is 0.412 e. The van der Waals surface area contributed by atoms with E-state index in [2.05, 4.69) is 20.9 Å². The summed E-state index contributed by atoms with van der Waals surface area (Å²) >= 11 is 0. The van der Waals surface area contributed by atoms with Crippen LogP contribution in [0.25, 0.3) is 0 Å². The average molecular weight is 445 g/mol. The van der Waals surface area contributed by atoms with Gasteiger partial charge >= 0.3 is 12.1 Å². The number of benzene rings is 1. The van der Waals surface area contributed by atoms with Crippen LogP contribution in [0.3, 0.4) is 0 Å². The van der Waals surface area contributed by atoms with Crippen molar-refractivity contribution >= 4 is 23.7 Å². The predicted molar refractivity (Wildman–Crippen MR) is 123 cm³/mol. The lowest BCUT2D eigenvalue weighted by molar-refractivity contribution is 0.0596. The highest BCUT2D eigenvalue weighted by atomic mass is 16.6. The first kappa shape index (κ1) is 24.8. The third kappa shape index (κ3) is 7.98. The summed E-state index contributed by atoms with van der Waals surface area (Å²) < 4.78 is 15.6. The quantitative estimate of drug-likeness (QED) is 0.339. The normalized spacial score (nSPS) is 11.6. The Bertz CT molecular complexity index is 942. The van der Waals surface area contributed by atoms with E-state index in [1.165, 1.54) is 7.11 Å². The molecule has 0 radical (unpaired) electrons. The maximum atomic E-state index is 11.8. The summed E-state index contributed by atoms with van der Waals surface area (Å²) in [5.41, 5.74) is 1.65. The minimum Gasteiger partial charge on any atom is -0.465 e. The van der Waals surface area contributed by atoms with E-state index in [9.17, 15) is 9.59 Å². The van der Waals surface area contributed by atoms with E-state index in [1.54, 1.807) is 20.0 Å². The topological polar surface area (TPSA) is 114 Å². The first-order valence-corrected chi connectivity index (χ1v) is 10.3. The molecule has 1 amide bonds. The fraction of sp³-hybridized carbons (Fsp3) is 0.435. The van der Waals surface area contributed by atoms with Crippen molar-refractivity contribution in [3.63, 3.8) is 0 Å². The Morgan fingerprint density at radius 2 is 1.81 bits per heavy atom. The molecule has 1 aromatic carbocycles. The van der Waals surface area contributed by atoms with Crippen molar-refractivity contribution in [2.24, 2.45) is 4.99 Å². The maximum absolute atomic E-state index is 11.8. The molecule has 32 heavy (non-hydrogen) atoms. The Hall–Kier alpha value is -3.49. The van der Waals surface area contributed by atoms with Crippen molar-refractivity contribution in [1.82, 2.24) is 10.6 Å². The number of aliphatic imine (C=N–C) groups is 1. The number of furan rings is 1. The molecule has 0 fully saturated rings. The fourth-order valence-corrected chi connectivity index (χ4v) is 2.84. The Morgan fingerprint density at radius 1 is 1.12 bits per heavy atom. The van der Waals surface area contributed by atoms with Gasteiger partial charge in [-0.25, -0.2) is 9.59 Å². The van der Waals surface area contributed by atoms with Gasteiger partial charge in [-0.1, -0.05) is 12.1 Å². The van der Waals surface area contributed by atoms with E-state index in [0.29, 0.717) is 41.8 Å². The number of ether oxygens (including phenoxy) is 2. The van der Waals surface area contributed by atoms with Gasteiger partial charge in [0.1, 0.15) is 22.7 Å². The zero-order valence-corrected chi connectivity index (χ0v) is 19.5. The van der Waals surface area contributed by atoms with Crippen LogP contribution in [-0.4, -0.2) is 44.3 Å². The highest BCUT2D eigenvalue weighted by molar-refractivity contribution is 5.90. The van der Waals surface area contributed by atoms with Crippen molar-refractivity contribution < 1.29 is 23.5 Å². The molecule has 0 saturated heterocycles. The molecule has 0 aliphatic carbocycles. The molecule has 174 valence electrons. The van der Waals surface area contributed by atoms with Gasteiger partial charge in [-0.2, -0.15) is 0 Å². The summed E-state index contributed by atoms with van der Waals surface area (Å²) in [4.78, 5) is 27.7. The van der Waals surface area contributed by atoms with E-state index < -0.39 is 17.7 Å². The number of hydrogen-bond acceptors (Lipinski definition) is 6. The molecule has 9 nitrogen and oxygen atoms in total. The number of aryl methyl sites for hydroxylation is 1. The minimum absolute atomic E-state index is 0.378. The SMILES string of the molecule is CN=C(NCCc1ccc(NC(=O)OC(C)(C)C)cc1)NCc1cc(C(=O)OC)c(C)o1. The van der Waals surface area contributed by atoms with Crippen molar-refractivity contribution in [2.45, 2.75) is 46.3 Å². The molecule has 2 rings (SSSR count). The molecule has 0 saturated carbocycles. The van der Waals surface area contributed by atoms with Crippen LogP contribution in [0.1, 0.15) is 48.2 Å². The van der Waals surface area contributed by atoms with Crippen LogP contribution in [0.4, 0.5) is 10.5 Å². The maximum Gasteiger partial charge on any atom is 0.412 e. The molecule has 2 aromatic rings. The number of nitrogens with one attached hydrogen (secondary N) is 3. The molecule has 0 unspecified atom stereocenters. The lowest BCUT2D eigenvalue weighted by Gasteiger charge is -2.19. The van der Waals surface area contributed by atoms with Crippen LogP contribution in [0.5, 0.6) is 0 Å². The Morgan fingerprint density at radius 3 is 2.41 bits per heavy atom. The molecule has 0 bridgehead atoms. The van der Waals surface area contributed by atoms with E-state index in [1.807, 2.05) is 45.0 Å². The van der Waals surface area contributed by atoms with Gasteiger partial charge in [-0.05, 0) is 57.9 Å². The van der Waals surface area contributed by atoms with Crippen molar-refractivity contribution in [2.75, 3.05) is 26.0 Å². The molecular formula is C23H32N4O5. The Kier molecular flexibility index (Phi) is 8.69. The number of anilines is 1. The number of hydrogen-bond donors (Lipinski definition) is 3.